The van der Waals surface area contributed by atoms with Gasteiger partial charge in [-0.05, 0) is 30.9 Å². The zero-order valence-electron chi connectivity index (χ0n) is 18.3. The van der Waals surface area contributed by atoms with E-state index in [1.54, 1.807) is 6.07 Å². The topological polar surface area (TPSA) is 66.4 Å². The first-order chi connectivity index (χ1) is 13.7. The van der Waals surface area contributed by atoms with Crippen molar-refractivity contribution >= 4 is 11.9 Å². The lowest BCUT2D eigenvalue weighted by Crippen LogP contribution is -2.49. The zero-order valence-corrected chi connectivity index (χ0v) is 18.3. The van der Waals surface area contributed by atoms with Crippen molar-refractivity contribution in [1.82, 2.24) is 5.32 Å². The van der Waals surface area contributed by atoms with Crippen molar-refractivity contribution in [3.63, 3.8) is 0 Å². The molecule has 0 saturated heterocycles. The van der Waals surface area contributed by atoms with Gasteiger partial charge in [0.25, 0.3) is 0 Å². The van der Waals surface area contributed by atoms with Gasteiger partial charge in [-0.1, -0.05) is 50.3 Å². The monoisotopic (exact) mass is 409 g/mol. The van der Waals surface area contributed by atoms with Gasteiger partial charge in [0, 0.05) is 6.42 Å². The van der Waals surface area contributed by atoms with Gasteiger partial charge >= 0.3 is 5.97 Å². The number of rotatable bonds is 15. The van der Waals surface area contributed by atoms with E-state index in [1.165, 1.54) is 6.07 Å². The maximum atomic E-state index is 13.5. The molecule has 0 saturated carbocycles. The number of hydrogen-bond acceptors (Lipinski definition) is 2. The zero-order chi connectivity index (χ0) is 21.7. The third-order valence-corrected chi connectivity index (χ3v) is 4.86. The summed E-state index contributed by atoms with van der Waals surface area (Å²) in [5, 5.41) is 11.9. The minimum Gasteiger partial charge on any atom is -0.481 e. The molecule has 0 aliphatic rings. The Morgan fingerprint density at radius 3 is 2.17 bits per heavy atom. The summed E-state index contributed by atoms with van der Waals surface area (Å²) in [5.41, 5.74) is 0.796. The summed E-state index contributed by atoms with van der Waals surface area (Å²) >= 11 is 0. The maximum absolute atomic E-state index is 13.5. The van der Waals surface area contributed by atoms with E-state index in [0.717, 1.165) is 56.9 Å². The lowest BCUT2D eigenvalue weighted by atomic mass is 10.0. The molecule has 1 rings (SSSR count). The van der Waals surface area contributed by atoms with Crippen LogP contribution in [0.3, 0.4) is 0 Å². The van der Waals surface area contributed by atoms with Crippen LogP contribution in [0.5, 0.6) is 0 Å². The number of carboxylic acid groups (broad SMARTS) is 1. The molecule has 0 aromatic heterocycles. The van der Waals surface area contributed by atoms with E-state index in [4.69, 9.17) is 5.11 Å². The number of carbonyl (C=O) groups excluding carboxylic acids is 1. The first-order valence-corrected chi connectivity index (χ1v) is 10.7. The van der Waals surface area contributed by atoms with Gasteiger partial charge in [-0.2, -0.15) is 0 Å². The Balaban J connectivity index is 2.09. The number of carbonyl (C=O) groups is 2. The van der Waals surface area contributed by atoms with Crippen molar-refractivity contribution in [1.29, 1.82) is 0 Å². The summed E-state index contributed by atoms with van der Waals surface area (Å²) in [6.45, 7) is 0.588. The Hall–Kier alpha value is -1.95. The van der Waals surface area contributed by atoms with Crippen LogP contribution in [0.2, 0.25) is 0 Å². The quantitative estimate of drug-likeness (QED) is 0.338. The molecule has 1 amide bonds. The number of hydrogen-bond donors (Lipinski definition) is 2. The first kappa shape index (κ1) is 25.1. The molecule has 1 atom stereocenters. The molecule has 1 aromatic carbocycles. The standard InChI is InChI=1S/C23H37FN2O3/c1-26(2,3)18-20(17-23(28)29)25-22(27)16-10-8-6-4-5-7-9-13-19-14-11-12-15-21(19)24/h11-12,14-15,20H,4-10,13,16-18H2,1-3H3,(H-,25,27,28,29)/p+1/t20-/m1/s1. The van der Waals surface area contributed by atoms with Crippen LogP contribution in [0.15, 0.2) is 24.3 Å². The van der Waals surface area contributed by atoms with Crippen molar-refractivity contribution in [2.75, 3.05) is 27.7 Å². The van der Waals surface area contributed by atoms with Crippen molar-refractivity contribution in [3.05, 3.63) is 35.6 Å². The van der Waals surface area contributed by atoms with Gasteiger partial charge in [-0.3, -0.25) is 9.59 Å². The van der Waals surface area contributed by atoms with Crippen LogP contribution in [0, 0.1) is 5.82 Å². The fourth-order valence-electron chi connectivity index (χ4n) is 3.52. The normalized spacial score (nSPS) is 12.6. The summed E-state index contributed by atoms with van der Waals surface area (Å²) in [5.74, 6) is -1.06. The second-order valence-electron chi connectivity index (χ2n) is 8.90. The predicted octanol–water partition coefficient (Wildman–Crippen LogP) is 4.15. The van der Waals surface area contributed by atoms with Gasteiger partial charge in [-0.15, -0.1) is 0 Å². The van der Waals surface area contributed by atoms with Gasteiger partial charge in [0.05, 0.1) is 40.2 Å². The van der Waals surface area contributed by atoms with Gasteiger partial charge in [0.15, 0.2) is 0 Å². The molecule has 0 spiro atoms. The first-order valence-electron chi connectivity index (χ1n) is 10.7. The number of benzene rings is 1. The molecule has 0 bridgehead atoms. The van der Waals surface area contributed by atoms with Crippen LogP contribution in [0.4, 0.5) is 4.39 Å². The Labute approximate surface area is 174 Å². The van der Waals surface area contributed by atoms with Crippen molar-refractivity contribution < 1.29 is 23.6 Å². The van der Waals surface area contributed by atoms with Gasteiger partial charge in [-0.25, -0.2) is 4.39 Å². The number of nitrogens with zero attached hydrogens (tertiary/aromatic N) is 1. The second kappa shape index (κ2) is 13.3. The van der Waals surface area contributed by atoms with E-state index in [-0.39, 0.29) is 24.2 Å². The number of carboxylic acids is 1. The number of amides is 1. The Morgan fingerprint density at radius 2 is 1.59 bits per heavy atom. The van der Waals surface area contributed by atoms with Crippen molar-refractivity contribution in [2.24, 2.45) is 0 Å². The van der Waals surface area contributed by atoms with Gasteiger partial charge in [0.2, 0.25) is 5.91 Å². The average Bonchev–Trinajstić information content (AvgIpc) is 2.59. The molecule has 0 radical (unpaired) electrons. The van der Waals surface area contributed by atoms with Crippen molar-refractivity contribution in [3.8, 4) is 0 Å². The predicted molar refractivity (Wildman–Crippen MR) is 114 cm³/mol. The molecular weight excluding hydrogens is 371 g/mol. The lowest BCUT2D eigenvalue weighted by molar-refractivity contribution is -0.871. The highest BCUT2D eigenvalue weighted by Crippen LogP contribution is 2.13. The fourth-order valence-corrected chi connectivity index (χ4v) is 3.52. The van der Waals surface area contributed by atoms with Crippen LogP contribution < -0.4 is 5.32 Å². The average molecular weight is 410 g/mol. The van der Waals surface area contributed by atoms with E-state index in [1.807, 2.05) is 33.3 Å². The summed E-state index contributed by atoms with van der Waals surface area (Å²) in [4.78, 5) is 23.1. The number of unbranched alkanes of at least 4 members (excludes halogenated alkanes) is 6. The SMILES string of the molecule is C[N+](C)(C)C[C@@H](CC(=O)O)NC(=O)CCCCCCCCCc1ccccc1F. The third-order valence-electron chi connectivity index (χ3n) is 4.86. The number of likely N-dealkylation sites (N-methyl/N-ethyl adjacent to an activating group) is 1. The highest BCUT2D eigenvalue weighted by Gasteiger charge is 2.22. The number of nitrogens with one attached hydrogen (secondary N) is 1. The molecule has 164 valence electrons. The van der Waals surface area contributed by atoms with Crippen LogP contribution in [-0.2, 0) is 16.0 Å². The van der Waals surface area contributed by atoms with E-state index >= 15 is 0 Å². The third kappa shape index (κ3) is 13.0. The molecule has 5 nitrogen and oxygen atoms in total. The number of quaternary nitrogens is 1. The minimum absolute atomic E-state index is 0.0475. The van der Waals surface area contributed by atoms with Crippen LogP contribution in [0.25, 0.3) is 0 Å². The molecule has 0 unspecified atom stereocenters. The molecule has 0 heterocycles. The summed E-state index contributed by atoms with van der Waals surface area (Å²) in [6, 6.07) is 6.62. The van der Waals surface area contributed by atoms with E-state index in [9.17, 15) is 14.0 Å². The fraction of sp³-hybridized carbons (Fsp3) is 0.652. The molecular formula is C23H38FN2O3+. The molecule has 0 aliphatic carbocycles. The second-order valence-corrected chi connectivity index (χ2v) is 8.90. The number of aliphatic carboxylic acids is 1. The maximum Gasteiger partial charge on any atom is 0.305 e. The largest absolute Gasteiger partial charge is 0.481 e. The minimum atomic E-state index is -0.890. The van der Waals surface area contributed by atoms with Crippen molar-refractivity contribution in [2.45, 2.75) is 70.3 Å². The van der Waals surface area contributed by atoms with Gasteiger partial charge in [0.1, 0.15) is 5.82 Å². The highest BCUT2D eigenvalue weighted by molar-refractivity contribution is 5.77. The molecule has 29 heavy (non-hydrogen) atoms. The van der Waals surface area contributed by atoms with Crippen LogP contribution >= 0.6 is 0 Å². The molecule has 1 aromatic rings. The smallest absolute Gasteiger partial charge is 0.305 e. The Kier molecular flexibility index (Phi) is 11.5. The number of aryl methyl sites for hydroxylation is 1. The molecule has 6 heteroatoms. The van der Waals surface area contributed by atoms with E-state index in [0.29, 0.717) is 17.4 Å². The molecule has 0 aliphatic heterocycles. The summed E-state index contributed by atoms with van der Waals surface area (Å²) in [7, 11) is 5.95. The highest BCUT2D eigenvalue weighted by atomic mass is 19.1. The summed E-state index contributed by atoms with van der Waals surface area (Å²) in [6.07, 6.45) is 8.45. The van der Waals surface area contributed by atoms with Crippen LogP contribution in [0.1, 0.15) is 63.4 Å². The Morgan fingerprint density at radius 1 is 1.00 bits per heavy atom. The lowest BCUT2D eigenvalue weighted by Gasteiger charge is -2.29. The van der Waals surface area contributed by atoms with Gasteiger partial charge < -0.3 is 14.9 Å². The molecule has 2 N–H and O–H groups in total. The van der Waals surface area contributed by atoms with E-state index in [2.05, 4.69) is 5.32 Å². The number of halogens is 1. The van der Waals surface area contributed by atoms with E-state index < -0.39 is 5.97 Å². The molecule has 0 fully saturated rings. The van der Waals surface area contributed by atoms with Crippen LogP contribution in [-0.4, -0.2) is 55.2 Å². The Bertz CT molecular complexity index is 629. The summed E-state index contributed by atoms with van der Waals surface area (Å²) < 4.78 is 14.1.